The van der Waals surface area contributed by atoms with E-state index in [4.69, 9.17) is 4.98 Å². The van der Waals surface area contributed by atoms with Gasteiger partial charge in [0.1, 0.15) is 5.82 Å². The van der Waals surface area contributed by atoms with Gasteiger partial charge in [0.15, 0.2) is 0 Å². The molecule has 1 aromatic carbocycles. The Morgan fingerprint density at radius 1 is 1.10 bits per heavy atom. The summed E-state index contributed by atoms with van der Waals surface area (Å²) in [5, 5.41) is 0. The Morgan fingerprint density at radius 3 is 2.42 bits per heavy atom. The highest BCUT2D eigenvalue weighted by Crippen LogP contribution is 2.40. The highest BCUT2D eigenvalue weighted by atomic mass is 16.2. The molecule has 0 saturated carbocycles. The van der Waals surface area contributed by atoms with E-state index >= 15 is 0 Å². The van der Waals surface area contributed by atoms with Crippen LogP contribution in [-0.2, 0) is 16.0 Å². The minimum atomic E-state index is -0.129. The molecule has 4 rings (SSSR count). The molecular formula is C26H33N3O2. The predicted octanol–water partition coefficient (Wildman–Crippen LogP) is 4.97. The lowest BCUT2D eigenvalue weighted by Crippen LogP contribution is -2.40. The molecule has 0 saturated heterocycles. The number of imidazole rings is 1. The maximum absolute atomic E-state index is 12.6. The second kappa shape index (κ2) is 8.10. The zero-order chi connectivity index (χ0) is 22.4. The molecule has 0 radical (unpaired) electrons. The quantitative estimate of drug-likeness (QED) is 0.549. The lowest BCUT2D eigenvalue weighted by molar-refractivity contribution is -0.138. The molecule has 1 N–H and O–H groups in total. The molecule has 3 atom stereocenters. The summed E-state index contributed by atoms with van der Waals surface area (Å²) in [6.07, 6.45) is 4.24. The van der Waals surface area contributed by atoms with E-state index in [0.717, 1.165) is 29.7 Å². The number of nitrogens with one attached hydrogen (secondary N) is 1. The SMILES string of the molecule is CC1=CC(CN2C(=O)C(C)=C(C)C2=O)C(C(C)C)CC1Cc1nc2ccc(C)cc2[nH]1. The van der Waals surface area contributed by atoms with Crippen molar-refractivity contribution in [2.45, 2.75) is 54.4 Å². The molecule has 2 heterocycles. The van der Waals surface area contributed by atoms with Gasteiger partial charge in [-0.15, -0.1) is 0 Å². The molecule has 2 aromatic rings. The number of aryl methyl sites for hydroxylation is 1. The number of carbonyl (C=O) groups excluding carboxylic acids is 2. The highest BCUT2D eigenvalue weighted by molar-refractivity contribution is 6.18. The van der Waals surface area contributed by atoms with Gasteiger partial charge in [0.2, 0.25) is 0 Å². The van der Waals surface area contributed by atoms with E-state index in [-0.39, 0.29) is 17.7 Å². The molecule has 164 valence electrons. The van der Waals surface area contributed by atoms with Gasteiger partial charge in [0, 0.05) is 24.1 Å². The van der Waals surface area contributed by atoms with Crippen LogP contribution in [0.25, 0.3) is 11.0 Å². The molecular weight excluding hydrogens is 386 g/mol. The summed E-state index contributed by atoms with van der Waals surface area (Å²) in [7, 11) is 0. The van der Waals surface area contributed by atoms with Crippen LogP contribution in [0.4, 0.5) is 0 Å². The predicted molar refractivity (Wildman–Crippen MR) is 123 cm³/mol. The first-order chi connectivity index (χ1) is 14.7. The van der Waals surface area contributed by atoms with Gasteiger partial charge in [0.05, 0.1) is 11.0 Å². The van der Waals surface area contributed by atoms with E-state index in [1.807, 2.05) is 0 Å². The van der Waals surface area contributed by atoms with Crippen LogP contribution in [0.2, 0.25) is 0 Å². The zero-order valence-corrected chi connectivity index (χ0v) is 19.5. The summed E-state index contributed by atoms with van der Waals surface area (Å²) in [4.78, 5) is 34.9. The minimum Gasteiger partial charge on any atom is -0.342 e. The van der Waals surface area contributed by atoms with Crippen molar-refractivity contribution in [2.24, 2.45) is 23.7 Å². The minimum absolute atomic E-state index is 0.129. The van der Waals surface area contributed by atoms with E-state index < -0.39 is 0 Å². The summed E-state index contributed by atoms with van der Waals surface area (Å²) >= 11 is 0. The Hall–Kier alpha value is -2.69. The van der Waals surface area contributed by atoms with Gasteiger partial charge in [-0.2, -0.15) is 0 Å². The third-order valence-corrected chi connectivity index (χ3v) is 7.30. The molecule has 0 bridgehead atoms. The van der Waals surface area contributed by atoms with E-state index in [2.05, 4.69) is 57.0 Å². The summed E-state index contributed by atoms with van der Waals surface area (Å²) in [5.74, 6) is 2.27. The molecule has 3 unspecified atom stereocenters. The number of amides is 2. The van der Waals surface area contributed by atoms with E-state index in [9.17, 15) is 9.59 Å². The summed E-state index contributed by atoms with van der Waals surface area (Å²) < 4.78 is 0. The number of nitrogens with zero attached hydrogens (tertiary/aromatic N) is 2. The van der Waals surface area contributed by atoms with Gasteiger partial charge in [-0.05, 0) is 75.5 Å². The van der Waals surface area contributed by atoms with Gasteiger partial charge in [-0.25, -0.2) is 4.98 Å². The third kappa shape index (κ3) is 3.98. The number of aromatic nitrogens is 2. The molecule has 1 aliphatic heterocycles. The number of hydrogen-bond acceptors (Lipinski definition) is 3. The monoisotopic (exact) mass is 419 g/mol. The lowest BCUT2D eigenvalue weighted by Gasteiger charge is -2.38. The number of fused-ring (bicyclic) bond motifs is 1. The zero-order valence-electron chi connectivity index (χ0n) is 19.5. The van der Waals surface area contributed by atoms with Crippen molar-refractivity contribution in [3.8, 4) is 0 Å². The van der Waals surface area contributed by atoms with Gasteiger partial charge in [0.25, 0.3) is 11.8 Å². The number of hydrogen-bond donors (Lipinski definition) is 1. The maximum atomic E-state index is 12.6. The normalized spacial score (nSPS) is 24.7. The number of rotatable bonds is 5. The Bertz CT molecular complexity index is 1080. The van der Waals surface area contributed by atoms with Crippen molar-refractivity contribution in [2.75, 3.05) is 6.54 Å². The van der Waals surface area contributed by atoms with Gasteiger partial charge in [-0.1, -0.05) is 31.6 Å². The van der Waals surface area contributed by atoms with E-state index in [1.165, 1.54) is 16.0 Å². The lowest BCUT2D eigenvalue weighted by atomic mass is 9.69. The molecule has 0 spiro atoms. The number of imide groups is 1. The van der Waals surface area contributed by atoms with E-state index in [0.29, 0.717) is 35.4 Å². The fourth-order valence-corrected chi connectivity index (χ4v) is 5.19. The Labute approximate surface area is 184 Å². The Morgan fingerprint density at radius 2 is 1.77 bits per heavy atom. The number of H-pyrrole nitrogens is 1. The molecule has 0 fully saturated rings. The average Bonchev–Trinajstić information content (AvgIpc) is 3.19. The number of aromatic amines is 1. The molecule has 5 heteroatoms. The number of benzene rings is 1. The van der Waals surface area contributed by atoms with Crippen molar-refractivity contribution in [1.29, 1.82) is 0 Å². The van der Waals surface area contributed by atoms with Gasteiger partial charge in [-0.3, -0.25) is 14.5 Å². The van der Waals surface area contributed by atoms with Gasteiger partial charge < -0.3 is 4.98 Å². The molecule has 1 aliphatic carbocycles. The van der Waals surface area contributed by atoms with Crippen molar-refractivity contribution >= 4 is 22.8 Å². The summed E-state index contributed by atoms with van der Waals surface area (Å²) in [6.45, 7) is 12.7. The first kappa shape index (κ1) is 21.5. The van der Waals surface area contributed by atoms with Gasteiger partial charge >= 0.3 is 0 Å². The fraction of sp³-hybridized carbons (Fsp3) is 0.500. The third-order valence-electron chi connectivity index (χ3n) is 7.30. The maximum Gasteiger partial charge on any atom is 0.256 e. The first-order valence-corrected chi connectivity index (χ1v) is 11.3. The molecule has 1 aromatic heterocycles. The standard InChI is InChI=1S/C26H33N3O2/c1-14(2)21-11-19(12-24-27-22-8-7-15(3)9-23(22)28-24)16(4)10-20(21)13-29-25(30)17(5)18(6)26(29)31/h7-10,14,19-21H,11-13H2,1-6H3,(H,27,28). The second-order valence-electron chi connectivity index (χ2n) is 9.79. The van der Waals surface area contributed by atoms with Crippen LogP contribution < -0.4 is 0 Å². The Kier molecular flexibility index (Phi) is 5.63. The molecule has 5 nitrogen and oxygen atoms in total. The van der Waals surface area contributed by atoms with Crippen LogP contribution in [0.3, 0.4) is 0 Å². The molecule has 2 aliphatic rings. The molecule has 31 heavy (non-hydrogen) atoms. The Balaban J connectivity index is 1.54. The largest absolute Gasteiger partial charge is 0.342 e. The average molecular weight is 420 g/mol. The van der Waals surface area contributed by atoms with Crippen LogP contribution in [0.15, 0.2) is 41.0 Å². The van der Waals surface area contributed by atoms with Crippen molar-refractivity contribution in [3.63, 3.8) is 0 Å². The molecule has 2 amide bonds. The van der Waals surface area contributed by atoms with Crippen LogP contribution in [0.5, 0.6) is 0 Å². The first-order valence-electron chi connectivity index (χ1n) is 11.3. The topological polar surface area (TPSA) is 66.1 Å². The van der Waals surface area contributed by atoms with Crippen LogP contribution in [0, 0.1) is 30.6 Å². The number of carbonyl (C=O) groups is 2. The van der Waals surface area contributed by atoms with Crippen molar-refractivity contribution < 1.29 is 9.59 Å². The summed E-state index contributed by atoms with van der Waals surface area (Å²) in [5.41, 5.74) is 5.83. The smallest absolute Gasteiger partial charge is 0.256 e. The number of allylic oxidation sites excluding steroid dienone is 1. The summed E-state index contributed by atoms with van der Waals surface area (Å²) in [6, 6.07) is 6.31. The fourth-order valence-electron chi connectivity index (χ4n) is 5.19. The van der Waals surface area contributed by atoms with Crippen LogP contribution in [-0.4, -0.2) is 33.2 Å². The van der Waals surface area contributed by atoms with E-state index in [1.54, 1.807) is 13.8 Å². The van der Waals surface area contributed by atoms with Crippen molar-refractivity contribution in [1.82, 2.24) is 14.9 Å². The van der Waals surface area contributed by atoms with Crippen LogP contribution in [0.1, 0.15) is 52.4 Å². The van der Waals surface area contributed by atoms with Crippen LogP contribution >= 0.6 is 0 Å². The second-order valence-corrected chi connectivity index (χ2v) is 9.79. The highest BCUT2D eigenvalue weighted by Gasteiger charge is 2.38. The van der Waals surface area contributed by atoms with Crippen molar-refractivity contribution in [3.05, 3.63) is 52.4 Å².